The van der Waals surface area contributed by atoms with Gasteiger partial charge in [0.1, 0.15) is 0 Å². The third-order valence-electron chi connectivity index (χ3n) is 4.00. The van der Waals surface area contributed by atoms with E-state index in [1.54, 1.807) is 60.1 Å². The molecular formula is C20H15ClN2O3. The number of carbonyl (C=O) groups is 2. The van der Waals surface area contributed by atoms with Crippen molar-refractivity contribution in [3.63, 3.8) is 0 Å². The number of hydrogen-bond donors (Lipinski definition) is 3. The number of hydrogen-bond acceptors (Lipinski definition) is 3. The maximum atomic E-state index is 12.0. The van der Waals surface area contributed by atoms with Crippen LogP contribution in [0.2, 0.25) is 5.02 Å². The van der Waals surface area contributed by atoms with Gasteiger partial charge in [0.15, 0.2) is 0 Å². The molecule has 26 heavy (non-hydrogen) atoms. The highest BCUT2D eigenvalue weighted by Crippen LogP contribution is 2.36. The van der Waals surface area contributed by atoms with Gasteiger partial charge in [-0.15, -0.1) is 0 Å². The molecule has 4 N–H and O–H groups in total. The summed E-state index contributed by atoms with van der Waals surface area (Å²) in [7, 11) is 0. The van der Waals surface area contributed by atoms with Gasteiger partial charge in [-0.05, 0) is 47.0 Å². The second-order valence-corrected chi connectivity index (χ2v) is 6.06. The number of hydroxylamine groups is 1. The van der Waals surface area contributed by atoms with Crippen LogP contribution in [0.5, 0.6) is 0 Å². The minimum Gasteiger partial charge on any atom is -0.366 e. The Bertz CT molecular complexity index is 985. The highest BCUT2D eigenvalue weighted by Gasteiger charge is 2.16. The van der Waals surface area contributed by atoms with Crippen molar-refractivity contribution in [1.82, 2.24) is 5.48 Å². The van der Waals surface area contributed by atoms with Crippen molar-refractivity contribution in [2.75, 3.05) is 0 Å². The maximum absolute atomic E-state index is 12.0. The molecule has 0 bridgehead atoms. The van der Waals surface area contributed by atoms with Gasteiger partial charge in [0.2, 0.25) is 5.91 Å². The summed E-state index contributed by atoms with van der Waals surface area (Å²) in [5.74, 6) is -1.14. The van der Waals surface area contributed by atoms with E-state index in [1.807, 2.05) is 12.1 Å². The molecule has 0 radical (unpaired) electrons. The summed E-state index contributed by atoms with van der Waals surface area (Å²) in [6.45, 7) is 0. The molecule has 0 atom stereocenters. The van der Waals surface area contributed by atoms with Gasteiger partial charge in [-0.2, -0.15) is 0 Å². The van der Waals surface area contributed by atoms with Crippen LogP contribution in [-0.2, 0) is 0 Å². The molecule has 0 aliphatic rings. The number of nitrogens with one attached hydrogen (secondary N) is 1. The van der Waals surface area contributed by atoms with Gasteiger partial charge in [0.25, 0.3) is 5.91 Å². The first-order valence-electron chi connectivity index (χ1n) is 7.75. The van der Waals surface area contributed by atoms with Crippen LogP contribution in [0.4, 0.5) is 0 Å². The molecule has 6 heteroatoms. The van der Waals surface area contributed by atoms with E-state index in [-0.39, 0.29) is 0 Å². The SMILES string of the molecule is NC(=O)c1cccc(-c2ccc(C(=O)NO)cc2)c1-c1cccc(Cl)c1. The Balaban J connectivity index is 2.20. The summed E-state index contributed by atoms with van der Waals surface area (Å²) in [6, 6.07) is 19.1. The van der Waals surface area contributed by atoms with Crippen molar-refractivity contribution in [3.05, 3.63) is 82.9 Å². The zero-order valence-corrected chi connectivity index (χ0v) is 14.3. The Hall–Kier alpha value is -3.15. The Kier molecular flexibility index (Phi) is 5.02. The fraction of sp³-hybridized carbons (Fsp3) is 0. The summed E-state index contributed by atoms with van der Waals surface area (Å²) in [5.41, 5.74) is 10.8. The fourth-order valence-corrected chi connectivity index (χ4v) is 3.01. The minimum absolute atomic E-state index is 0.312. The van der Waals surface area contributed by atoms with Gasteiger partial charge in [-0.1, -0.05) is 48.0 Å². The lowest BCUT2D eigenvalue weighted by Gasteiger charge is -2.14. The van der Waals surface area contributed by atoms with Gasteiger partial charge in [-0.3, -0.25) is 14.8 Å². The molecule has 0 aliphatic heterocycles. The van der Waals surface area contributed by atoms with Crippen LogP contribution in [0, 0.1) is 0 Å². The predicted molar refractivity (Wildman–Crippen MR) is 100 cm³/mol. The van der Waals surface area contributed by atoms with Crippen molar-refractivity contribution in [2.45, 2.75) is 0 Å². The quantitative estimate of drug-likeness (QED) is 0.483. The van der Waals surface area contributed by atoms with Crippen LogP contribution >= 0.6 is 11.6 Å². The highest BCUT2D eigenvalue weighted by atomic mass is 35.5. The summed E-state index contributed by atoms with van der Waals surface area (Å²) in [5, 5.41) is 9.27. The van der Waals surface area contributed by atoms with Crippen LogP contribution in [0.3, 0.4) is 0 Å². The summed E-state index contributed by atoms with van der Waals surface area (Å²) in [4.78, 5) is 23.4. The van der Waals surface area contributed by atoms with Crippen molar-refractivity contribution < 1.29 is 14.8 Å². The lowest BCUT2D eigenvalue weighted by Crippen LogP contribution is -2.18. The molecule has 3 aromatic carbocycles. The molecule has 3 rings (SSSR count). The minimum atomic E-state index is -0.600. The monoisotopic (exact) mass is 366 g/mol. The number of benzene rings is 3. The van der Waals surface area contributed by atoms with Crippen molar-refractivity contribution in [1.29, 1.82) is 0 Å². The number of rotatable bonds is 4. The zero-order valence-electron chi connectivity index (χ0n) is 13.6. The number of amides is 2. The van der Waals surface area contributed by atoms with Crippen molar-refractivity contribution >= 4 is 23.4 Å². The van der Waals surface area contributed by atoms with Gasteiger partial charge in [0, 0.05) is 21.7 Å². The Morgan fingerprint density at radius 3 is 2.23 bits per heavy atom. The first-order valence-corrected chi connectivity index (χ1v) is 8.12. The molecule has 0 aliphatic carbocycles. The molecular weight excluding hydrogens is 352 g/mol. The molecule has 5 nitrogen and oxygen atoms in total. The molecule has 0 unspecified atom stereocenters. The second kappa shape index (κ2) is 7.39. The maximum Gasteiger partial charge on any atom is 0.274 e. The Morgan fingerprint density at radius 1 is 0.923 bits per heavy atom. The highest BCUT2D eigenvalue weighted by molar-refractivity contribution is 6.31. The van der Waals surface area contributed by atoms with Gasteiger partial charge >= 0.3 is 0 Å². The van der Waals surface area contributed by atoms with Crippen molar-refractivity contribution in [2.24, 2.45) is 5.73 Å². The smallest absolute Gasteiger partial charge is 0.274 e. The fourth-order valence-electron chi connectivity index (χ4n) is 2.82. The molecule has 2 amide bonds. The second-order valence-electron chi connectivity index (χ2n) is 5.62. The van der Waals surface area contributed by atoms with E-state index in [0.717, 1.165) is 16.7 Å². The van der Waals surface area contributed by atoms with E-state index in [4.69, 9.17) is 22.5 Å². The Morgan fingerprint density at radius 2 is 1.62 bits per heavy atom. The number of primary amides is 1. The van der Waals surface area contributed by atoms with E-state index < -0.39 is 11.8 Å². The third-order valence-corrected chi connectivity index (χ3v) is 4.24. The van der Waals surface area contributed by atoms with Crippen LogP contribution in [0.25, 0.3) is 22.3 Å². The normalized spacial score (nSPS) is 10.4. The predicted octanol–water partition coefficient (Wildman–Crippen LogP) is 3.89. The van der Waals surface area contributed by atoms with E-state index in [1.165, 1.54) is 0 Å². The van der Waals surface area contributed by atoms with E-state index >= 15 is 0 Å². The van der Waals surface area contributed by atoms with Gasteiger partial charge in [0.05, 0.1) is 0 Å². The van der Waals surface area contributed by atoms with E-state index in [0.29, 0.717) is 21.7 Å². The lowest BCUT2D eigenvalue weighted by atomic mass is 9.90. The van der Waals surface area contributed by atoms with Gasteiger partial charge in [-0.25, -0.2) is 5.48 Å². The average molecular weight is 367 g/mol. The number of nitrogens with two attached hydrogens (primary N) is 1. The number of halogens is 1. The summed E-state index contributed by atoms with van der Waals surface area (Å²) >= 11 is 6.11. The summed E-state index contributed by atoms with van der Waals surface area (Å²) in [6.07, 6.45) is 0. The van der Waals surface area contributed by atoms with Crippen LogP contribution in [0.1, 0.15) is 20.7 Å². The molecule has 0 fully saturated rings. The Labute approximate surface area is 155 Å². The van der Waals surface area contributed by atoms with E-state index in [9.17, 15) is 9.59 Å². The van der Waals surface area contributed by atoms with Gasteiger partial charge < -0.3 is 5.73 Å². The van der Waals surface area contributed by atoms with E-state index in [2.05, 4.69) is 0 Å². The first kappa shape index (κ1) is 17.7. The molecule has 0 spiro atoms. The van der Waals surface area contributed by atoms with Crippen molar-refractivity contribution in [3.8, 4) is 22.3 Å². The standard InChI is InChI=1S/C20H15ClN2O3/c21-15-4-1-3-14(11-15)18-16(5-2-6-17(18)19(22)24)12-7-9-13(10-8-12)20(25)23-26/h1-11,26H,(H2,22,24)(H,23,25). The summed E-state index contributed by atoms with van der Waals surface area (Å²) < 4.78 is 0. The molecule has 130 valence electrons. The molecule has 0 heterocycles. The van der Waals surface area contributed by atoms with Crippen LogP contribution in [-0.4, -0.2) is 17.0 Å². The molecule has 0 aromatic heterocycles. The first-order chi connectivity index (χ1) is 12.5. The molecule has 0 saturated heterocycles. The topological polar surface area (TPSA) is 92.4 Å². The number of carbonyl (C=O) groups excluding carboxylic acids is 2. The molecule has 0 saturated carbocycles. The zero-order chi connectivity index (χ0) is 18.7. The largest absolute Gasteiger partial charge is 0.366 e. The lowest BCUT2D eigenvalue weighted by molar-refractivity contribution is 0.0706. The average Bonchev–Trinajstić information content (AvgIpc) is 2.66. The van der Waals surface area contributed by atoms with Crippen LogP contribution in [0.15, 0.2) is 66.7 Å². The third kappa shape index (κ3) is 3.44. The van der Waals surface area contributed by atoms with Crippen LogP contribution < -0.4 is 11.2 Å². The molecule has 3 aromatic rings.